The van der Waals surface area contributed by atoms with Crippen LogP contribution < -0.4 is 16.0 Å². The molecule has 0 atom stereocenters. The van der Waals surface area contributed by atoms with Crippen molar-refractivity contribution in [3.63, 3.8) is 0 Å². The number of amides is 3. The highest BCUT2D eigenvalue weighted by Gasteiger charge is 2.09. The Balaban J connectivity index is 1.46. The van der Waals surface area contributed by atoms with Gasteiger partial charge in [-0.3, -0.25) is 14.4 Å². The first-order chi connectivity index (χ1) is 15.9. The SMILES string of the molecule is CN(C)C(=O)c1ccc(NCC(=O)Nc2cccc(NC(=O)CCc3ccccc3)c2)cc1. The maximum Gasteiger partial charge on any atom is 0.253 e. The van der Waals surface area contributed by atoms with E-state index < -0.39 is 0 Å². The zero-order valence-corrected chi connectivity index (χ0v) is 18.8. The number of rotatable bonds is 9. The Bertz CT molecular complexity index is 1100. The van der Waals surface area contributed by atoms with Gasteiger partial charge in [0, 0.05) is 43.1 Å². The van der Waals surface area contributed by atoms with Gasteiger partial charge in [-0.15, -0.1) is 0 Å². The smallest absolute Gasteiger partial charge is 0.253 e. The van der Waals surface area contributed by atoms with Crippen LogP contribution in [-0.4, -0.2) is 43.3 Å². The van der Waals surface area contributed by atoms with Crippen LogP contribution >= 0.6 is 0 Å². The molecule has 0 fully saturated rings. The molecule has 0 aromatic heterocycles. The van der Waals surface area contributed by atoms with E-state index >= 15 is 0 Å². The van der Waals surface area contributed by atoms with Gasteiger partial charge in [-0.1, -0.05) is 36.4 Å². The van der Waals surface area contributed by atoms with Crippen molar-refractivity contribution in [2.24, 2.45) is 0 Å². The lowest BCUT2D eigenvalue weighted by atomic mass is 10.1. The third-order valence-electron chi connectivity index (χ3n) is 4.90. The average molecular weight is 445 g/mol. The fourth-order valence-corrected chi connectivity index (χ4v) is 3.18. The summed E-state index contributed by atoms with van der Waals surface area (Å²) in [7, 11) is 3.40. The van der Waals surface area contributed by atoms with Crippen molar-refractivity contribution in [2.75, 3.05) is 36.6 Å². The molecule has 3 aromatic rings. The van der Waals surface area contributed by atoms with Gasteiger partial charge in [-0.05, 0) is 54.4 Å². The van der Waals surface area contributed by atoms with Crippen LogP contribution in [0.1, 0.15) is 22.3 Å². The lowest BCUT2D eigenvalue weighted by Crippen LogP contribution is -2.22. The van der Waals surface area contributed by atoms with Crippen LogP contribution in [0.3, 0.4) is 0 Å². The minimum atomic E-state index is -0.226. The molecular formula is C26H28N4O3. The Morgan fingerprint density at radius 1 is 0.727 bits per heavy atom. The highest BCUT2D eigenvalue weighted by atomic mass is 16.2. The lowest BCUT2D eigenvalue weighted by Gasteiger charge is -2.12. The van der Waals surface area contributed by atoms with Crippen molar-refractivity contribution >= 4 is 34.8 Å². The second-order valence-electron chi connectivity index (χ2n) is 7.79. The zero-order chi connectivity index (χ0) is 23.6. The number of hydrogen-bond acceptors (Lipinski definition) is 4. The number of nitrogens with one attached hydrogen (secondary N) is 3. The molecule has 170 valence electrons. The van der Waals surface area contributed by atoms with E-state index in [2.05, 4.69) is 16.0 Å². The summed E-state index contributed by atoms with van der Waals surface area (Å²) >= 11 is 0. The molecule has 0 radical (unpaired) electrons. The number of carbonyl (C=O) groups excluding carboxylic acids is 3. The molecular weight excluding hydrogens is 416 g/mol. The van der Waals surface area contributed by atoms with Crippen LogP contribution in [0.4, 0.5) is 17.1 Å². The summed E-state index contributed by atoms with van der Waals surface area (Å²) in [5.41, 5.74) is 3.65. The van der Waals surface area contributed by atoms with E-state index in [0.29, 0.717) is 29.8 Å². The minimum Gasteiger partial charge on any atom is -0.376 e. The van der Waals surface area contributed by atoms with Gasteiger partial charge in [0.1, 0.15) is 0 Å². The molecule has 0 bridgehead atoms. The number of nitrogens with zero attached hydrogens (tertiary/aromatic N) is 1. The number of carbonyl (C=O) groups is 3. The van der Waals surface area contributed by atoms with E-state index in [1.165, 1.54) is 4.90 Å². The molecule has 0 aliphatic carbocycles. The first kappa shape index (κ1) is 23.5. The van der Waals surface area contributed by atoms with Gasteiger partial charge < -0.3 is 20.9 Å². The van der Waals surface area contributed by atoms with E-state index in [0.717, 1.165) is 11.3 Å². The Morgan fingerprint density at radius 3 is 2.00 bits per heavy atom. The number of benzene rings is 3. The van der Waals surface area contributed by atoms with Crippen LogP contribution in [0.2, 0.25) is 0 Å². The molecule has 0 aliphatic heterocycles. The Labute approximate surface area is 193 Å². The predicted octanol–water partition coefficient (Wildman–Crippen LogP) is 4.01. The summed E-state index contributed by atoms with van der Waals surface area (Å²) in [6.07, 6.45) is 1.04. The molecule has 3 N–H and O–H groups in total. The molecule has 0 unspecified atom stereocenters. The van der Waals surface area contributed by atoms with E-state index in [4.69, 9.17) is 0 Å². The summed E-state index contributed by atoms with van der Waals surface area (Å²) in [6.45, 7) is 0.0641. The van der Waals surface area contributed by atoms with Crippen LogP contribution in [0.5, 0.6) is 0 Å². The highest BCUT2D eigenvalue weighted by Crippen LogP contribution is 2.16. The van der Waals surface area contributed by atoms with Gasteiger partial charge in [0.25, 0.3) is 5.91 Å². The van der Waals surface area contributed by atoms with Crippen LogP contribution in [-0.2, 0) is 16.0 Å². The highest BCUT2D eigenvalue weighted by molar-refractivity contribution is 5.96. The topological polar surface area (TPSA) is 90.5 Å². The summed E-state index contributed by atoms with van der Waals surface area (Å²) in [4.78, 5) is 38.0. The summed E-state index contributed by atoms with van der Waals surface area (Å²) in [5, 5.41) is 8.72. The number of aryl methyl sites for hydroxylation is 1. The van der Waals surface area contributed by atoms with Gasteiger partial charge in [0.2, 0.25) is 11.8 Å². The lowest BCUT2D eigenvalue weighted by molar-refractivity contribution is -0.116. The standard InChI is InChI=1S/C26H28N4O3/c1-30(2)26(33)20-12-14-21(15-13-20)27-18-25(32)29-23-10-6-9-22(17-23)28-24(31)16-11-19-7-4-3-5-8-19/h3-10,12-15,17,27H,11,16,18H2,1-2H3,(H,28,31)(H,29,32). The summed E-state index contributed by atoms with van der Waals surface area (Å²) in [6, 6.07) is 23.8. The molecule has 7 nitrogen and oxygen atoms in total. The fourth-order valence-electron chi connectivity index (χ4n) is 3.18. The van der Waals surface area contributed by atoms with Gasteiger partial charge in [0.15, 0.2) is 0 Å². The molecule has 33 heavy (non-hydrogen) atoms. The van der Waals surface area contributed by atoms with Gasteiger partial charge >= 0.3 is 0 Å². The summed E-state index contributed by atoms with van der Waals surface area (Å²) in [5.74, 6) is -0.387. The maximum atomic E-state index is 12.3. The minimum absolute atomic E-state index is 0.0641. The molecule has 0 saturated carbocycles. The third-order valence-corrected chi connectivity index (χ3v) is 4.90. The molecule has 7 heteroatoms. The number of hydrogen-bond donors (Lipinski definition) is 3. The molecule has 3 aromatic carbocycles. The second-order valence-corrected chi connectivity index (χ2v) is 7.79. The largest absolute Gasteiger partial charge is 0.376 e. The monoisotopic (exact) mass is 444 g/mol. The Morgan fingerprint density at radius 2 is 1.36 bits per heavy atom. The van der Waals surface area contributed by atoms with E-state index in [1.807, 2.05) is 30.3 Å². The molecule has 0 spiro atoms. The predicted molar refractivity (Wildman–Crippen MR) is 131 cm³/mol. The molecule has 0 heterocycles. The number of anilines is 3. The summed E-state index contributed by atoms with van der Waals surface area (Å²) < 4.78 is 0. The zero-order valence-electron chi connectivity index (χ0n) is 18.8. The van der Waals surface area contributed by atoms with Crippen LogP contribution in [0, 0.1) is 0 Å². The van der Waals surface area contributed by atoms with Crippen LogP contribution in [0.15, 0.2) is 78.9 Å². The molecule has 3 amide bonds. The maximum absolute atomic E-state index is 12.3. The average Bonchev–Trinajstić information content (AvgIpc) is 2.82. The quantitative estimate of drug-likeness (QED) is 0.465. The molecule has 0 aliphatic rings. The van der Waals surface area contributed by atoms with Crippen molar-refractivity contribution in [2.45, 2.75) is 12.8 Å². The molecule has 0 saturated heterocycles. The van der Waals surface area contributed by atoms with Crippen molar-refractivity contribution in [3.05, 3.63) is 90.0 Å². The fraction of sp³-hybridized carbons (Fsp3) is 0.192. The first-order valence-electron chi connectivity index (χ1n) is 10.7. The first-order valence-corrected chi connectivity index (χ1v) is 10.7. The van der Waals surface area contributed by atoms with Crippen LogP contribution in [0.25, 0.3) is 0 Å². The van der Waals surface area contributed by atoms with Gasteiger partial charge in [-0.2, -0.15) is 0 Å². The van der Waals surface area contributed by atoms with E-state index in [-0.39, 0.29) is 24.3 Å². The Kier molecular flexibility index (Phi) is 8.18. The third kappa shape index (κ3) is 7.50. The van der Waals surface area contributed by atoms with Crippen molar-refractivity contribution < 1.29 is 14.4 Å². The van der Waals surface area contributed by atoms with Gasteiger partial charge in [0.05, 0.1) is 6.54 Å². The Hall–Kier alpha value is -4.13. The molecule has 3 rings (SSSR count). The normalized spacial score (nSPS) is 10.2. The second kappa shape index (κ2) is 11.5. The van der Waals surface area contributed by atoms with Crippen molar-refractivity contribution in [3.8, 4) is 0 Å². The van der Waals surface area contributed by atoms with E-state index in [1.54, 1.807) is 62.6 Å². The van der Waals surface area contributed by atoms with Crippen molar-refractivity contribution in [1.82, 2.24) is 4.90 Å². The van der Waals surface area contributed by atoms with Crippen molar-refractivity contribution in [1.29, 1.82) is 0 Å². The van der Waals surface area contributed by atoms with Gasteiger partial charge in [-0.25, -0.2) is 0 Å². The van der Waals surface area contributed by atoms with E-state index in [9.17, 15) is 14.4 Å².